The molecule has 0 spiro atoms. The molecule has 1 unspecified atom stereocenters. The number of hydrogen-bond acceptors (Lipinski definition) is 2. The summed E-state index contributed by atoms with van der Waals surface area (Å²) < 4.78 is 13.3. The van der Waals surface area contributed by atoms with Gasteiger partial charge >= 0.3 is 0 Å². The molecule has 1 atom stereocenters. The highest BCUT2D eigenvalue weighted by molar-refractivity contribution is 6.31. The average Bonchev–Trinajstić information content (AvgIpc) is 2.58. The molecule has 0 radical (unpaired) electrons. The van der Waals surface area contributed by atoms with E-state index in [2.05, 4.69) is 5.32 Å². The van der Waals surface area contributed by atoms with Crippen LogP contribution in [0.4, 0.5) is 10.1 Å². The molecule has 2 amide bonds. The molecule has 0 fully saturated rings. The van der Waals surface area contributed by atoms with Crippen molar-refractivity contribution in [1.82, 2.24) is 5.32 Å². The van der Waals surface area contributed by atoms with Crippen molar-refractivity contribution in [3.8, 4) is 0 Å². The first-order chi connectivity index (χ1) is 11.9. The predicted octanol–water partition coefficient (Wildman–Crippen LogP) is 4.10. The summed E-state index contributed by atoms with van der Waals surface area (Å²) in [5.41, 5.74) is 1.47. The van der Waals surface area contributed by atoms with Crippen molar-refractivity contribution in [2.45, 2.75) is 26.3 Å². The molecule has 25 heavy (non-hydrogen) atoms. The minimum Gasteiger partial charge on any atom is -0.350 e. The quantitative estimate of drug-likeness (QED) is 0.841. The van der Waals surface area contributed by atoms with Gasteiger partial charge in [0.2, 0.25) is 11.8 Å². The van der Waals surface area contributed by atoms with E-state index in [0.717, 1.165) is 5.56 Å². The Kier molecular flexibility index (Phi) is 6.53. The van der Waals surface area contributed by atoms with Gasteiger partial charge in [-0.2, -0.15) is 0 Å². The summed E-state index contributed by atoms with van der Waals surface area (Å²) in [5, 5.41) is 2.84. The molecule has 0 saturated carbocycles. The van der Waals surface area contributed by atoms with Crippen molar-refractivity contribution in [2.24, 2.45) is 0 Å². The van der Waals surface area contributed by atoms with Crippen LogP contribution in [0.1, 0.15) is 31.9 Å². The monoisotopic (exact) mass is 362 g/mol. The van der Waals surface area contributed by atoms with E-state index in [-0.39, 0.29) is 35.8 Å². The van der Waals surface area contributed by atoms with Gasteiger partial charge < -0.3 is 10.2 Å². The lowest BCUT2D eigenvalue weighted by Crippen LogP contribution is -2.34. The summed E-state index contributed by atoms with van der Waals surface area (Å²) in [5.74, 6) is -0.967. The Labute approximate surface area is 151 Å². The molecule has 0 aliphatic heterocycles. The average molecular weight is 363 g/mol. The van der Waals surface area contributed by atoms with Gasteiger partial charge in [-0.1, -0.05) is 41.9 Å². The van der Waals surface area contributed by atoms with Crippen molar-refractivity contribution in [1.29, 1.82) is 0 Å². The van der Waals surface area contributed by atoms with E-state index >= 15 is 0 Å². The molecule has 0 saturated heterocycles. The van der Waals surface area contributed by atoms with Gasteiger partial charge in [0.25, 0.3) is 0 Å². The first-order valence-corrected chi connectivity index (χ1v) is 8.33. The maximum atomic E-state index is 13.3. The minimum atomic E-state index is -0.552. The molecule has 0 aliphatic carbocycles. The van der Waals surface area contributed by atoms with Crippen molar-refractivity contribution >= 4 is 29.1 Å². The summed E-state index contributed by atoms with van der Waals surface area (Å²) in [6.45, 7) is 3.47. The van der Waals surface area contributed by atoms with Gasteiger partial charge in [0, 0.05) is 25.6 Å². The first kappa shape index (κ1) is 18.9. The van der Waals surface area contributed by atoms with Crippen LogP contribution in [0.2, 0.25) is 5.02 Å². The Morgan fingerprint density at radius 2 is 1.88 bits per heavy atom. The molecule has 2 rings (SSSR count). The smallest absolute Gasteiger partial charge is 0.223 e. The third-order valence-corrected chi connectivity index (χ3v) is 4.12. The van der Waals surface area contributed by atoms with E-state index in [1.165, 1.54) is 30.0 Å². The molecular weight excluding hydrogens is 343 g/mol. The fourth-order valence-electron chi connectivity index (χ4n) is 2.47. The first-order valence-electron chi connectivity index (χ1n) is 7.96. The number of nitrogens with one attached hydrogen (secondary N) is 1. The summed E-state index contributed by atoms with van der Waals surface area (Å²) in [4.78, 5) is 25.4. The van der Waals surface area contributed by atoms with E-state index in [1.807, 2.05) is 37.3 Å². The highest BCUT2D eigenvalue weighted by Gasteiger charge is 2.16. The molecule has 2 aromatic carbocycles. The van der Waals surface area contributed by atoms with Gasteiger partial charge in [-0.05, 0) is 30.7 Å². The number of halogens is 2. The van der Waals surface area contributed by atoms with Crippen LogP contribution in [-0.2, 0) is 9.59 Å². The van der Waals surface area contributed by atoms with Crippen LogP contribution in [0.15, 0.2) is 48.5 Å². The summed E-state index contributed by atoms with van der Waals surface area (Å²) >= 11 is 5.77. The number of anilines is 1. The maximum absolute atomic E-state index is 13.3. The van der Waals surface area contributed by atoms with Crippen LogP contribution in [0.5, 0.6) is 0 Å². The number of carbonyl (C=O) groups excluding carboxylic acids is 2. The van der Waals surface area contributed by atoms with Crippen molar-refractivity contribution in [3.63, 3.8) is 0 Å². The SMILES string of the molecule is CC(=O)N(CCC(=O)NC(C)c1ccccc1)c1ccc(F)c(Cl)c1. The number of amides is 2. The minimum absolute atomic E-state index is 0.0640. The zero-order valence-corrected chi connectivity index (χ0v) is 14.9. The van der Waals surface area contributed by atoms with Crippen LogP contribution in [0, 0.1) is 5.82 Å². The van der Waals surface area contributed by atoms with Crippen LogP contribution in [-0.4, -0.2) is 18.4 Å². The largest absolute Gasteiger partial charge is 0.350 e. The predicted molar refractivity (Wildman–Crippen MR) is 97.1 cm³/mol. The van der Waals surface area contributed by atoms with E-state index in [0.29, 0.717) is 5.69 Å². The Morgan fingerprint density at radius 3 is 2.48 bits per heavy atom. The Balaban J connectivity index is 1.97. The van der Waals surface area contributed by atoms with E-state index in [4.69, 9.17) is 11.6 Å². The standard InChI is InChI=1S/C19H20ClFN2O2/c1-13(15-6-4-3-5-7-15)22-19(25)10-11-23(14(2)24)16-8-9-18(21)17(20)12-16/h3-9,12-13H,10-11H2,1-2H3,(H,22,25). The van der Waals surface area contributed by atoms with Gasteiger partial charge in [0.15, 0.2) is 0 Å². The van der Waals surface area contributed by atoms with E-state index in [1.54, 1.807) is 0 Å². The van der Waals surface area contributed by atoms with Gasteiger partial charge in [-0.25, -0.2) is 4.39 Å². The zero-order valence-electron chi connectivity index (χ0n) is 14.1. The molecule has 0 aromatic heterocycles. The molecule has 6 heteroatoms. The second-order valence-electron chi connectivity index (χ2n) is 5.72. The molecule has 0 bridgehead atoms. The fraction of sp³-hybridized carbons (Fsp3) is 0.263. The second-order valence-corrected chi connectivity index (χ2v) is 6.13. The molecule has 0 heterocycles. The molecule has 132 valence electrons. The van der Waals surface area contributed by atoms with Gasteiger partial charge in [0.05, 0.1) is 11.1 Å². The number of benzene rings is 2. The third-order valence-electron chi connectivity index (χ3n) is 3.83. The topological polar surface area (TPSA) is 49.4 Å². The van der Waals surface area contributed by atoms with E-state index < -0.39 is 5.82 Å². The lowest BCUT2D eigenvalue weighted by molar-refractivity contribution is -0.121. The Bertz CT molecular complexity index is 752. The molecule has 1 N–H and O–H groups in total. The zero-order chi connectivity index (χ0) is 18.4. The van der Waals surface area contributed by atoms with Crippen molar-refractivity contribution < 1.29 is 14.0 Å². The molecule has 2 aromatic rings. The highest BCUT2D eigenvalue weighted by Crippen LogP contribution is 2.23. The summed E-state index contributed by atoms with van der Waals surface area (Å²) in [7, 11) is 0. The number of carbonyl (C=O) groups is 2. The summed E-state index contributed by atoms with van der Waals surface area (Å²) in [6, 6.07) is 13.5. The van der Waals surface area contributed by atoms with Crippen molar-refractivity contribution in [2.75, 3.05) is 11.4 Å². The second kappa shape index (κ2) is 8.62. The lowest BCUT2D eigenvalue weighted by atomic mass is 10.1. The maximum Gasteiger partial charge on any atom is 0.223 e. The van der Waals surface area contributed by atoms with Crippen LogP contribution >= 0.6 is 11.6 Å². The molecule has 0 aliphatic rings. The van der Waals surface area contributed by atoms with Crippen LogP contribution in [0.3, 0.4) is 0 Å². The van der Waals surface area contributed by atoms with Crippen LogP contribution in [0.25, 0.3) is 0 Å². The number of rotatable bonds is 6. The van der Waals surface area contributed by atoms with Gasteiger partial charge in [0.1, 0.15) is 5.82 Å². The molecular formula is C19H20ClFN2O2. The van der Waals surface area contributed by atoms with Gasteiger partial charge in [-0.3, -0.25) is 9.59 Å². The fourth-order valence-corrected chi connectivity index (χ4v) is 2.65. The number of nitrogens with zero attached hydrogens (tertiary/aromatic N) is 1. The summed E-state index contributed by atoms with van der Waals surface area (Å²) in [6.07, 6.45) is 0.131. The van der Waals surface area contributed by atoms with Crippen molar-refractivity contribution in [3.05, 3.63) is 64.9 Å². The van der Waals surface area contributed by atoms with Crippen LogP contribution < -0.4 is 10.2 Å². The van der Waals surface area contributed by atoms with Gasteiger partial charge in [-0.15, -0.1) is 0 Å². The Hall–Kier alpha value is -2.40. The third kappa shape index (κ3) is 5.29. The normalized spacial score (nSPS) is 11.7. The highest BCUT2D eigenvalue weighted by atomic mass is 35.5. The lowest BCUT2D eigenvalue weighted by Gasteiger charge is -2.22. The van der Waals surface area contributed by atoms with E-state index in [9.17, 15) is 14.0 Å². The Morgan fingerprint density at radius 1 is 1.20 bits per heavy atom. The molecule has 4 nitrogen and oxygen atoms in total. The number of hydrogen-bond donors (Lipinski definition) is 1.